The van der Waals surface area contributed by atoms with Gasteiger partial charge in [-0.05, 0) is 13.8 Å². The quantitative estimate of drug-likeness (QED) is 0.671. The summed E-state index contributed by atoms with van der Waals surface area (Å²) in [6.45, 7) is 4.57. The van der Waals surface area contributed by atoms with Gasteiger partial charge in [0, 0.05) is 6.54 Å². The molecule has 0 heterocycles. The molecule has 0 saturated heterocycles. The van der Waals surface area contributed by atoms with Crippen LogP contribution in [-0.2, 0) is 19.4 Å². The second-order valence-electron chi connectivity index (χ2n) is 3.61. The standard InChI is InChI=1S/C9H17NO5S/c1-4-10-8(11)7(3)16(14,15)5-6(2)9(12)13/h6-7H,4-5H2,1-3H3,(H,10,11)(H,12,13). The van der Waals surface area contributed by atoms with Gasteiger partial charge in [0.2, 0.25) is 5.91 Å². The number of amides is 1. The number of carboxylic acids is 1. The molecule has 0 bridgehead atoms. The van der Waals surface area contributed by atoms with Crippen molar-refractivity contribution in [2.24, 2.45) is 5.92 Å². The van der Waals surface area contributed by atoms with Gasteiger partial charge in [-0.1, -0.05) is 6.92 Å². The van der Waals surface area contributed by atoms with Crippen molar-refractivity contribution >= 4 is 21.7 Å². The first-order valence-electron chi connectivity index (χ1n) is 4.94. The van der Waals surface area contributed by atoms with Crippen LogP contribution in [0.15, 0.2) is 0 Å². The maximum atomic E-state index is 11.6. The molecule has 0 fully saturated rings. The number of rotatable bonds is 6. The SMILES string of the molecule is CCNC(=O)C(C)S(=O)(=O)CC(C)C(=O)O. The van der Waals surface area contributed by atoms with Crippen molar-refractivity contribution < 1.29 is 23.1 Å². The Labute approximate surface area is 95.0 Å². The van der Waals surface area contributed by atoms with Gasteiger partial charge < -0.3 is 10.4 Å². The van der Waals surface area contributed by atoms with Gasteiger partial charge >= 0.3 is 5.97 Å². The molecule has 1 amide bonds. The van der Waals surface area contributed by atoms with Gasteiger partial charge in [-0.25, -0.2) is 8.42 Å². The zero-order chi connectivity index (χ0) is 12.9. The lowest BCUT2D eigenvalue weighted by atomic mass is 10.2. The van der Waals surface area contributed by atoms with Gasteiger partial charge in [-0.2, -0.15) is 0 Å². The normalized spacial score (nSPS) is 15.2. The highest BCUT2D eigenvalue weighted by Gasteiger charge is 2.30. The first-order chi connectivity index (χ1) is 7.22. The third-order valence-electron chi connectivity index (χ3n) is 2.16. The summed E-state index contributed by atoms with van der Waals surface area (Å²) in [4.78, 5) is 21.8. The molecule has 0 aromatic rings. The van der Waals surface area contributed by atoms with Crippen LogP contribution in [0.2, 0.25) is 0 Å². The molecule has 2 atom stereocenters. The van der Waals surface area contributed by atoms with Crippen LogP contribution in [-0.4, -0.2) is 42.9 Å². The fraction of sp³-hybridized carbons (Fsp3) is 0.778. The molecule has 0 aromatic carbocycles. The highest BCUT2D eigenvalue weighted by Crippen LogP contribution is 2.08. The number of hydrogen-bond acceptors (Lipinski definition) is 4. The summed E-state index contributed by atoms with van der Waals surface area (Å²) in [6, 6.07) is 0. The maximum Gasteiger partial charge on any atom is 0.307 e. The lowest BCUT2D eigenvalue weighted by Crippen LogP contribution is -2.40. The van der Waals surface area contributed by atoms with Crippen molar-refractivity contribution in [3.8, 4) is 0 Å². The Morgan fingerprint density at radius 2 is 1.81 bits per heavy atom. The highest BCUT2D eigenvalue weighted by atomic mass is 32.2. The Bertz CT molecular complexity index is 362. The number of nitrogens with one attached hydrogen (secondary N) is 1. The van der Waals surface area contributed by atoms with E-state index in [9.17, 15) is 18.0 Å². The fourth-order valence-corrected chi connectivity index (χ4v) is 2.58. The molecule has 0 aliphatic rings. The van der Waals surface area contributed by atoms with Crippen LogP contribution in [0.3, 0.4) is 0 Å². The van der Waals surface area contributed by atoms with Crippen molar-refractivity contribution in [3.63, 3.8) is 0 Å². The number of hydrogen-bond donors (Lipinski definition) is 2. The van der Waals surface area contributed by atoms with Crippen LogP contribution in [0.4, 0.5) is 0 Å². The Hall–Kier alpha value is -1.11. The summed E-state index contributed by atoms with van der Waals surface area (Å²) in [5.41, 5.74) is 0. The zero-order valence-electron chi connectivity index (χ0n) is 9.56. The fourth-order valence-electron chi connectivity index (χ4n) is 1.05. The van der Waals surface area contributed by atoms with E-state index < -0.39 is 38.6 Å². The molecular formula is C9H17NO5S. The number of sulfone groups is 1. The lowest BCUT2D eigenvalue weighted by molar-refractivity contribution is -0.140. The van der Waals surface area contributed by atoms with E-state index in [1.165, 1.54) is 13.8 Å². The monoisotopic (exact) mass is 251 g/mol. The van der Waals surface area contributed by atoms with Gasteiger partial charge in [-0.15, -0.1) is 0 Å². The summed E-state index contributed by atoms with van der Waals surface area (Å²) in [5.74, 6) is -3.32. The topological polar surface area (TPSA) is 101 Å². The molecular weight excluding hydrogens is 234 g/mol. The van der Waals surface area contributed by atoms with E-state index in [4.69, 9.17) is 5.11 Å². The predicted molar refractivity (Wildman–Crippen MR) is 58.7 cm³/mol. The molecule has 16 heavy (non-hydrogen) atoms. The third-order valence-corrected chi connectivity index (χ3v) is 4.42. The Kier molecular flexibility index (Phi) is 5.43. The Morgan fingerprint density at radius 3 is 2.19 bits per heavy atom. The van der Waals surface area contributed by atoms with Gasteiger partial charge in [0.05, 0.1) is 11.7 Å². The summed E-state index contributed by atoms with van der Waals surface area (Å²) in [5, 5.41) is 9.78. The van der Waals surface area contributed by atoms with Crippen LogP contribution in [0.5, 0.6) is 0 Å². The average Bonchev–Trinajstić information content (AvgIpc) is 2.16. The first kappa shape index (κ1) is 14.9. The van der Waals surface area contributed by atoms with Crippen molar-refractivity contribution in [1.29, 1.82) is 0 Å². The number of carbonyl (C=O) groups excluding carboxylic acids is 1. The van der Waals surface area contributed by atoms with Crippen LogP contribution < -0.4 is 5.32 Å². The van der Waals surface area contributed by atoms with Gasteiger partial charge in [0.15, 0.2) is 9.84 Å². The molecule has 0 aliphatic carbocycles. The second-order valence-corrected chi connectivity index (χ2v) is 5.97. The molecule has 0 saturated carbocycles. The van der Waals surface area contributed by atoms with Crippen molar-refractivity contribution in [3.05, 3.63) is 0 Å². The van der Waals surface area contributed by atoms with E-state index in [2.05, 4.69) is 5.32 Å². The maximum absolute atomic E-state index is 11.6. The van der Waals surface area contributed by atoms with Gasteiger partial charge in [0.1, 0.15) is 5.25 Å². The van der Waals surface area contributed by atoms with Gasteiger partial charge in [-0.3, -0.25) is 9.59 Å². The summed E-state index contributed by atoms with van der Waals surface area (Å²) in [7, 11) is -3.72. The van der Waals surface area contributed by atoms with E-state index in [1.807, 2.05) is 0 Å². The van der Waals surface area contributed by atoms with Crippen LogP contribution in [0.25, 0.3) is 0 Å². The average molecular weight is 251 g/mol. The summed E-state index contributed by atoms with van der Waals surface area (Å²) < 4.78 is 23.3. The summed E-state index contributed by atoms with van der Waals surface area (Å²) >= 11 is 0. The molecule has 2 unspecified atom stereocenters. The summed E-state index contributed by atoms with van der Waals surface area (Å²) in [6.07, 6.45) is 0. The minimum atomic E-state index is -3.72. The van der Waals surface area contributed by atoms with Crippen molar-refractivity contribution in [1.82, 2.24) is 5.32 Å². The number of carboxylic acid groups (broad SMARTS) is 1. The van der Waals surface area contributed by atoms with Gasteiger partial charge in [0.25, 0.3) is 0 Å². The van der Waals surface area contributed by atoms with Crippen LogP contribution in [0, 0.1) is 5.92 Å². The Balaban J connectivity index is 4.67. The molecule has 0 radical (unpaired) electrons. The zero-order valence-corrected chi connectivity index (χ0v) is 10.4. The smallest absolute Gasteiger partial charge is 0.307 e. The molecule has 0 spiro atoms. The number of carbonyl (C=O) groups is 2. The third kappa shape index (κ3) is 4.18. The van der Waals surface area contributed by atoms with E-state index in [0.29, 0.717) is 6.54 Å². The molecule has 0 rings (SSSR count). The van der Waals surface area contributed by atoms with Crippen LogP contribution >= 0.6 is 0 Å². The van der Waals surface area contributed by atoms with Crippen molar-refractivity contribution in [2.45, 2.75) is 26.0 Å². The van der Waals surface area contributed by atoms with Crippen LogP contribution in [0.1, 0.15) is 20.8 Å². The highest BCUT2D eigenvalue weighted by molar-refractivity contribution is 7.92. The molecule has 7 heteroatoms. The van der Waals surface area contributed by atoms with E-state index in [0.717, 1.165) is 0 Å². The predicted octanol–water partition coefficient (Wildman–Crippen LogP) is -0.353. The lowest BCUT2D eigenvalue weighted by Gasteiger charge is -2.14. The van der Waals surface area contributed by atoms with E-state index in [1.54, 1.807) is 6.92 Å². The second kappa shape index (κ2) is 5.83. The first-order valence-corrected chi connectivity index (χ1v) is 6.66. The van der Waals surface area contributed by atoms with E-state index >= 15 is 0 Å². The minimum absolute atomic E-state index is 0.340. The largest absolute Gasteiger partial charge is 0.481 e. The molecule has 0 aliphatic heterocycles. The molecule has 0 aromatic heterocycles. The molecule has 2 N–H and O–H groups in total. The number of aliphatic carboxylic acids is 1. The van der Waals surface area contributed by atoms with Crippen molar-refractivity contribution in [2.75, 3.05) is 12.3 Å². The molecule has 94 valence electrons. The molecule has 6 nitrogen and oxygen atoms in total. The minimum Gasteiger partial charge on any atom is -0.481 e. The van der Waals surface area contributed by atoms with E-state index in [-0.39, 0.29) is 0 Å². The Morgan fingerprint density at radius 1 is 1.31 bits per heavy atom.